The molecule has 0 aliphatic carbocycles. The van der Waals surface area contributed by atoms with Gasteiger partial charge in [-0.2, -0.15) is 0 Å². The molecule has 2 aromatic carbocycles. The second-order valence-electron chi connectivity index (χ2n) is 4.49. The fourth-order valence-corrected chi connectivity index (χ4v) is 1.98. The van der Waals surface area contributed by atoms with Gasteiger partial charge in [0.15, 0.2) is 0 Å². The highest BCUT2D eigenvalue weighted by Crippen LogP contribution is 2.17. The third kappa shape index (κ3) is 3.52. The van der Waals surface area contributed by atoms with Crippen LogP contribution in [-0.4, -0.2) is 13.0 Å². The van der Waals surface area contributed by atoms with Crippen LogP contribution in [0.1, 0.15) is 21.5 Å². The van der Waals surface area contributed by atoms with E-state index < -0.39 is 0 Å². The summed E-state index contributed by atoms with van der Waals surface area (Å²) < 4.78 is 5.14. The minimum absolute atomic E-state index is 0.114. The van der Waals surface area contributed by atoms with Crippen LogP contribution >= 0.6 is 11.6 Å². The summed E-state index contributed by atoms with van der Waals surface area (Å²) in [7, 11) is 1.58. The molecule has 0 unspecified atom stereocenters. The van der Waals surface area contributed by atoms with E-state index in [1.54, 1.807) is 25.3 Å². The fourth-order valence-electron chi connectivity index (χ4n) is 1.85. The van der Waals surface area contributed by atoms with Crippen molar-refractivity contribution in [2.24, 2.45) is 0 Å². The Balaban J connectivity index is 2.06. The molecule has 0 fully saturated rings. The molecule has 0 spiro atoms. The third-order valence-electron chi connectivity index (χ3n) is 3.06. The van der Waals surface area contributed by atoms with Crippen LogP contribution in [0.5, 0.6) is 5.75 Å². The Bertz CT molecular complexity index is 608. The van der Waals surface area contributed by atoms with Gasteiger partial charge >= 0.3 is 0 Å². The minimum Gasteiger partial charge on any atom is -0.497 e. The Morgan fingerprint density at radius 1 is 1.20 bits per heavy atom. The van der Waals surface area contributed by atoms with Gasteiger partial charge in [0.1, 0.15) is 5.75 Å². The minimum atomic E-state index is -0.114. The van der Waals surface area contributed by atoms with Crippen LogP contribution in [0.2, 0.25) is 5.02 Å². The molecule has 0 saturated carbocycles. The predicted octanol–water partition coefficient (Wildman–Crippen LogP) is 3.59. The molecule has 0 aliphatic rings. The number of hydrogen-bond acceptors (Lipinski definition) is 2. The van der Waals surface area contributed by atoms with Crippen LogP contribution in [0, 0.1) is 6.92 Å². The molecule has 0 aromatic heterocycles. The summed E-state index contributed by atoms with van der Waals surface area (Å²) in [6.45, 7) is 2.36. The maximum Gasteiger partial charge on any atom is 0.251 e. The largest absolute Gasteiger partial charge is 0.497 e. The summed E-state index contributed by atoms with van der Waals surface area (Å²) in [5.74, 6) is 0.559. The van der Waals surface area contributed by atoms with E-state index in [1.807, 2.05) is 31.2 Å². The molecular formula is C16H16ClNO2. The van der Waals surface area contributed by atoms with Gasteiger partial charge in [-0.15, -0.1) is 0 Å². The van der Waals surface area contributed by atoms with Gasteiger partial charge in [0.25, 0.3) is 5.91 Å². The Morgan fingerprint density at radius 2 is 1.90 bits per heavy atom. The number of carbonyl (C=O) groups excluding carboxylic acids is 1. The first-order chi connectivity index (χ1) is 9.60. The third-order valence-corrected chi connectivity index (χ3v) is 3.31. The second kappa shape index (κ2) is 6.44. The Kier molecular flexibility index (Phi) is 4.64. The van der Waals surface area contributed by atoms with Gasteiger partial charge in [-0.05, 0) is 42.3 Å². The molecule has 0 radical (unpaired) electrons. The summed E-state index contributed by atoms with van der Waals surface area (Å²) >= 11 is 5.82. The molecule has 2 rings (SSSR count). The Morgan fingerprint density at radius 3 is 2.55 bits per heavy atom. The number of carbonyl (C=O) groups is 1. The average molecular weight is 290 g/mol. The molecule has 0 atom stereocenters. The predicted molar refractivity (Wildman–Crippen MR) is 80.4 cm³/mol. The SMILES string of the molecule is COc1ccc(C)c(C(=O)NCc2ccc(Cl)cc2)c1. The number of ether oxygens (including phenoxy) is 1. The molecule has 0 saturated heterocycles. The first-order valence-electron chi connectivity index (χ1n) is 6.27. The lowest BCUT2D eigenvalue weighted by molar-refractivity contribution is 0.0950. The maximum atomic E-state index is 12.2. The van der Waals surface area contributed by atoms with E-state index >= 15 is 0 Å². The van der Waals surface area contributed by atoms with Gasteiger partial charge < -0.3 is 10.1 Å². The van der Waals surface area contributed by atoms with E-state index in [2.05, 4.69) is 5.32 Å². The van der Waals surface area contributed by atoms with Crippen molar-refractivity contribution < 1.29 is 9.53 Å². The van der Waals surface area contributed by atoms with Gasteiger partial charge in [-0.1, -0.05) is 29.8 Å². The van der Waals surface area contributed by atoms with Crippen molar-refractivity contribution in [2.45, 2.75) is 13.5 Å². The molecule has 0 heterocycles. The highest BCUT2D eigenvalue weighted by atomic mass is 35.5. The zero-order chi connectivity index (χ0) is 14.5. The van der Waals surface area contributed by atoms with Gasteiger partial charge in [0.2, 0.25) is 0 Å². The molecular weight excluding hydrogens is 274 g/mol. The van der Waals surface area contributed by atoms with E-state index in [4.69, 9.17) is 16.3 Å². The standard InChI is InChI=1S/C16H16ClNO2/c1-11-3-8-14(20-2)9-15(11)16(19)18-10-12-4-6-13(17)7-5-12/h3-9H,10H2,1-2H3,(H,18,19). The van der Waals surface area contributed by atoms with E-state index in [0.717, 1.165) is 11.1 Å². The zero-order valence-corrected chi connectivity index (χ0v) is 12.2. The molecule has 1 amide bonds. The van der Waals surface area contributed by atoms with Crippen LogP contribution < -0.4 is 10.1 Å². The van der Waals surface area contributed by atoms with Crippen molar-refractivity contribution >= 4 is 17.5 Å². The molecule has 1 N–H and O–H groups in total. The topological polar surface area (TPSA) is 38.3 Å². The summed E-state index contributed by atoms with van der Waals surface area (Å²) in [6.07, 6.45) is 0. The number of methoxy groups -OCH3 is 1. The number of halogens is 1. The van der Waals surface area contributed by atoms with Gasteiger partial charge in [-0.3, -0.25) is 4.79 Å². The van der Waals surface area contributed by atoms with Gasteiger partial charge in [0, 0.05) is 17.1 Å². The lowest BCUT2D eigenvalue weighted by Gasteiger charge is -2.09. The first-order valence-corrected chi connectivity index (χ1v) is 6.65. The van der Waals surface area contributed by atoms with Crippen molar-refractivity contribution in [1.82, 2.24) is 5.32 Å². The summed E-state index contributed by atoms with van der Waals surface area (Å²) in [5, 5.41) is 3.57. The fraction of sp³-hybridized carbons (Fsp3) is 0.188. The Hall–Kier alpha value is -2.00. The number of nitrogens with one attached hydrogen (secondary N) is 1. The van der Waals surface area contributed by atoms with Crippen molar-refractivity contribution in [2.75, 3.05) is 7.11 Å². The zero-order valence-electron chi connectivity index (χ0n) is 11.4. The second-order valence-corrected chi connectivity index (χ2v) is 4.93. The van der Waals surface area contributed by atoms with Gasteiger partial charge in [-0.25, -0.2) is 0 Å². The molecule has 2 aromatic rings. The Labute approximate surface area is 123 Å². The molecule has 0 bridgehead atoms. The van der Waals surface area contributed by atoms with E-state index in [9.17, 15) is 4.79 Å². The molecule has 0 aliphatic heterocycles. The number of amides is 1. The quantitative estimate of drug-likeness (QED) is 0.934. The first kappa shape index (κ1) is 14.4. The van der Waals surface area contributed by atoms with Crippen LogP contribution in [0.3, 0.4) is 0 Å². The van der Waals surface area contributed by atoms with Crippen LogP contribution in [0.15, 0.2) is 42.5 Å². The number of benzene rings is 2. The summed E-state index contributed by atoms with van der Waals surface area (Å²) in [5.41, 5.74) is 2.54. The van der Waals surface area contributed by atoms with Gasteiger partial charge in [0.05, 0.1) is 7.11 Å². The van der Waals surface area contributed by atoms with Crippen LogP contribution in [0.4, 0.5) is 0 Å². The monoisotopic (exact) mass is 289 g/mol. The van der Waals surface area contributed by atoms with Crippen molar-refractivity contribution in [3.63, 3.8) is 0 Å². The van der Waals surface area contributed by atoms with E-state index in [1.165, 1.54) is 0 Å². The van der Waals surface area contributed by atoms with Crippen molar-refractivity contribution in [3.8, 4) is 5.75 Å². The number of rotatable bonds is 4. The molecule has 104 valence electrons. The molecule has 3 nitrogen and oxygen atoms in total. The number of aryl methyl sites for hydroxylation is 1. The van der Waals surface area contributed by atoms with Crippen LogP contribution in [-0.2, 0) is 6.54 Å². The van der Waals surface area contributed by atoms with Crippen molar-refractivity contribution in [3.05, 3.63) is 64.2 Å². The maximum absolute atomic E-state index is 12.2. The molecule has 20 heavy (non-hydrogen) atoms. The average Bonchev–Trinajstić information content (AvgIpc) is 2.47. The summed E-state index contributed by atoms with van der Waals surface area (Å²) in [4.78, 5) is 12.2. The summed E-state index contributed by atoms with van der Waals surface area (Å²) in [6, 6.07) is 12.8. The number of hydrogen-bond donors (Lipinski definition) is 1. The van der Waals surface area contributed by atoms with E-state index in [0.29, 0.717) is 22.9 Å². The smallest absolute Gasteiger partial charge is 0.251 e. The highest BCUT2D eigenvalue weighted by molar-refractivity contribution is 6.30. The van der Waals surface area contributed by atoms with E-state index in [-0.39, 0.29) is 5.91 Å². The van der Waals surface area contributed by atoms with Crippen molar-refractivity contribution in [1.29, 1.82) is 0 Å². The lowest BCUT2D eigenvalue weighted by Crippen LogP contribution is -2.23. The van der Waals surface area contributed by atoms with Crippen LogP contribution in [0.25, 0.3) is 0 Å². The molecule has 4 heteroatoms. The lowest BCUT2D eigenvalue weighted by atomic mass is 10.1. The normalized spacial score (nSPS) is 10.2. The highest BCUT2D eigenvalue weighted by Gasteiger charge is 2.10.